The van der Waals surface area contributed by atoms with E-state index in [1.807, 2.05) is 26.0 Å². The minimum atomic E-state index is -0.938. The van der Waals surface area contributed by atoms with Crippen molar-refractivity contribution in [3.05, 3.63) is 40.7 Å². The van der Waals surface area contributed by atoms with Crippen LogP contribution in [0, 0.1) is 25.2 Å². The van der Waals surface area contributed by atoms with Gasteiger partial charge >= 0.3 is 5.97 Å². The van der Waals surface area contributed by atoms with Crippen molar-refractivity contribution in [1.82, 2.24) is 9.78 Å². The number of rotatable bonds is 5. The summed E-state index contributed by atoms with van der Waals surface area (Å²) in [5, 5.41) is 22.4. The number of aryl methyl sites for hydroxylation is 2. The Morgan fingerprint density at radius 3 is 2.61 bits per heavy atom. The van der Waals surface area contributed by atoms with Crippen molar-refractivity contribution in [3.8, 4) is 17.6 Å². The van der Waals surface area contributed by atoms with Crippen molar-refractivity contribution >= 4 is 5.97 Å². The van der Waals surface area contributed by atoms with Crippen molar-refractivity contribution in [3.63, 3.8) is 0 Å². The molecule has 1 aliphatic carbocycles. The van der Waals surface area contributed by atoms with Gasteiger partial charge in [0.15, 0.2) is 5.75 Å². The van der Waals surface area contributed by atoms with E-state index in [0.717, 1.165) is 29.7 Å². The molecule has 1 fully saturated rings. The standard InChI is InChI=1S/C17H17N3O3/c1-10-5-13(6-11(2)14(10)7-18)23-15-8-20(9-16(21)22)19-17(15)12-3-4-12/h5-6,8,12H,3-4,9H2,1-2H3,(H,21,22). The fraction of sp³-hybridized carbons (Fsp3) is 0.353. The fourth-order valence-corrected chi connectivity index (χ4v) is 2.64. The Balaban J connectivity index is 1.92. The van der Waals surface area contributed by atoms with Gasteiger partial charge in [0, 0.05) is 5.92 Å². The zero-order chi connectivity index (χ0) is 16.6. The molecule has 1 aromatic carbocycles. The first-order chi connectivity index (χ1) is 11.0. The minimum absolute atomic E-state index is 0.186. The number of nitrogens with zero attached hydrogens (tertiary/aromatic N) is 3. The second-order valence-electron chi connectivity index (χ2n) is 5.89. The van der Waals surface area contributed by atoms with E-state index in [0.29, 0.717) is 23.0 Å². The molecule has 0 radical (unpaired) electrons. The number of hydrogen-bond acceptors (Lipinski definition) is 4. The van der Waals surface area contributed by atoms with Crippen LogP contribution < -0.4 is 4.74 Å². The second-order valence-corrected chi connectivity index (χ2v) is 5.89. The summed E-state index contributed by atoms with van der Waals surface area (Å²) in [6, 6.07) is 5.82. The SMILES string of the molecule is Cc1cc(Oc2cn(CC(=O)O)nc2C2CC2)cc(C)c1C#N. The third-order valence-electron chi connectivity index (χ3n) is 3.86. The summed E-state index contributed by atoms with van der Waals surface area (Å²) in [5.41, 5.74) is 3.18. The van der Waals surface area contributed by atoms with Crippen LogP contribution in [0.5, 0.6) is 11.5 Å². The van der Waals surface area contributed by atoms with Crippen LogP contribution in [0.1, 0.15) is 41.1 Å². The summed E-state index contributed by atoms with van der Waals surface area (Å²) in [6.45, 7) is 3.55. The number of aliphatic carboxylic acids is 1. The van der Waals surface area contributed by atoms with E-state index in [4.69, 9.17) is 15.1 Å². The van der Waals surface area contributed by atoms with Gasteiger partial charge in [-0.2, -0.15) is 10.4 Å². The second kappa shape index (κ2) is 5.76. The van der Waals surface area contributed by atoms with E-state index < -0.39 is 5.97 Å². The summed E-state index contributed by atoms with van der Waals surface area (Å²) >= 11 is 0. The Hall–Kier alpha value is -2.81. The zero-order valence-electron chi connectivity index (χ0n) is 13.0. The van der Waals surface area contributed by atoms with Crippen LogP contribution >= 0.6 is 0 Å². The third-order valence-corrected chi connectivity index (χ3v) is 3.86. The monoisotopic (exact) mass is 311 g/mol. The van der Waals surface area contributed by atoms with Crippen LogP contribution in [0.4, 0.5) is 0 Å². The third kappa shape index (κ3) is 3.19. The van der Waals surface area contributed by atoms with Gasteiger partial charge in [0.25, 0.3) is 0 Å². The quantitative estimate of drug-likeness (QED) is 0.916. The number of aromatic nitrogens is 2. The van der Waals surface area contributed by atoms with Crippen molar-refractivity contribution in [2.75, 3.05) is 0 Å². The molecule has 6 heteroatoms. The lowest BCUT2D eigenvalue weighted by Crippen LogP contribution is -2.09. The molecule has 1 aromatic heterocycles. The first-order valence-corrected chi connectivity index (χ1v) is 7.46. The molecule has 0 spiro atoms. The fourth-order valence-electron chi connectivity index (χ4n) is 2.64. The smallest absolute Gasteiger partial charge is 0.325 e. The Kier molecular flexibility index (Phi) is 3.78. The van der Waals surface area contributed by atoms with Gasteiger partial charge in [-0.05, 0) is 49.9 Å². The summed E-state index contributed by atoms with van der Waals surface area (Å²) in [7, 11) is 0. The first-order valence-electron chi connectivity index (χ1n) is 7.46. The lowest BCUT2D eigenvalue weighted by atomic mass is 10.0. The number of carboxylic acids is 1. The van der Waals surface area contributed by atoms with Gasteiger partial charge in [0.1, 0.15) is 18.0 Å². The number of carboxylic acid groups (broad SMARTS) is 1. The van der Waals surface area contributed by atoms with E-state index in [2.05, 4.69) is 11.2 Å². The molecule has 1 heterocycles. The lowest BCUT2D eigenvalue weighted by Gasteiger charge is -2.09. The van der Waals surface area contributed by atoms with Crippen LogP contribution in [0.25, 0.3) is 0 Å². The van der Waals surface area contributed by atoms with Gasteiger partial charge < -0.3 is 9.84 Å². The van der Waals surface area contributed by atoms with Crippen LogP contribution in [0.2, 0.25) is 0 Å². The topological polar surface area (TPSA) is 88.1 Å². The number of nitriles is 1. The molecule has 0 amide bonds. The Morgan fingerprint density at radius 2 is 2.09 bits per heavy atom. The van der Waals surface area contributed by atoms with Crippen LogP contribution in [0.3, 0.4) is 0 Å². The highest BCUT2D eigenvalue weighted by Crippen LogP contribution is 2.44. The van der Waals surface area contributed by atoms with Crippen molar-refractivity contribution in [2.24, 2.45) is 0 Å². The highest BCUT2D eigenvalue weighted by Gasteiger charge is 2.30. The largest absolute Gasteiger partial charge is 0.480 e. The molecule has 23 heavy (non-hydrogen) atoms. The van der Waals surface area contributed by atoms with Crippen LogP contribution in [-0.4, -0.2) is 20.9 Å². The Bertz CT molecular complexity index is 790. The molecule has 1 N–H and O–H groups in total. The molecule has 2 aromatic rings. The molecule has 0 atom stereocenters. The molecular weight excluding hydrogens is 294 g/mol. The number of hydrogen-bond donors (Lipinski definition) is 1. The van der Waals surface area contributed by atoms with E-state index in [-0.39, 0.29) is 6.54 Å². The van der Waals surface area contributed by atoms with Gasteiger partial charge in [-0.25, -0.2) is 0 Å². The van der Waals surface area contributed by atoms with E-state index >= 15 is 0 Å². The molecule has 0 aliphatic heterocycles. The lowest BCUT2D eigenvalue weighted by molar-refractivity contribution is -0.137. The summed E-state index contributed by atoms with van der Waals surface area (Å²) in [4.78, 5) is 10.9. The maximum absolute atomic E-state index is 10.9. The molecule has 0 unspecified atom stereocenters. The Morgan fingerprint density at radius 1 is 1.43 bits per heavy atom. The molecule has 1 aliphatic rings. The van der Waals surface area contributed by atoms with Gasteiger partial charge in [-0.3, -0.25) is 9.48 Å². The molecular formula is C17H17N3O3. The predicted octanol–water partition coefficient (Wildman–Crippen LogP) is 3.13. The summed E-state index contributed by atoms with van der Waals surface area (Å²) in [5.74, 6) is 0.639. The van der Waals surface area contributed by atoms with Crippen molar-refractivity contribution < 1.29 is 14.6 Å². The molecule has 0 saturated heterocycles. The normalized spacial score (nSPS) is 13.6. The summed E-state index contributed by atoms with van der Waals surface area (Å²) < 4.78 is 7.35. The molecule has 1 saturated carbocycles. The zero-order valence-corrected chi connectivity index (χ0v) is 13.0. The molecule has 6 nitrogen and oxygen atoms in total. The Labute approximate surface area is 133 Å². The van der Waals surface area contributed by atoms with Crippen molar-refractivity contribution in [2.45, 2.75) is 39.2 Å². The van der Waals surface area contributed by atoms with Crippen LogP contribution in [-0.2, 0) is 11.3 Å². The highest BCUT2D eigenvalue weighted by molar-refractivity contribution is 5.66. The summed E-state index contributed by atoms with van der Waals surface area (Å²) in [6.07, 6.45) is 3.72. The molecule has 118 valence electrons. The van der Waals surface area contributed by atoms with Gasteiger partial charge in [0.05, 0.1) is 17.8 Å². The first kappa shape index (κ1) is 15.1. The number of carbonyl (C=O) groups is 1. The average molecular weight is 311 g/mol. The molecule has 0 bridgehead atoms. The molecule has 3 rings (SSSR count). The highest BCUT2D eigenvalue weighted by atomic mass is 16.5. The average Bonchev–Trinajstić information content (AvgIpc) is 3.22. The number of benzene rings is 1. The van der Waals surface area contributed by atoms with Gasteiger partial charge in [0.2, 0.25) is 0 Å². The van der Waals surface area contributed by atoms with Gasteiger partial charge in [-0.1, -0.05) is 0 Å². The van der Waals surface area contributed by atoms with E-state index in [1.165, 1.54) is 4.68 Å². The van der Waals surface area contributed by atoms with Gasteiger partial charge in [-0.15, -0.1) is 0 Å². The number of ether oxygens (including phenoxy) is 1. The van der Waals surface area contributed by atoms with Crippen molar-refractivity contribution in [1.29, 1.82) is 5.26 Å². The maximum atomic E-state index is 10.9. The van der Waals surface area contributed by atoms with E-state index in [1.54, 1.807) is 6.20 Å². The van der Waals surface area contributed by atoms with E-state index in [9.17, 15) is 4.79 Å². The minimum Gasteiger partial charge on any atom is -0.480 e. The van der Waals surface area contributed by atoms with Crippen LogP contribution in [0.15, 0.2) is 18.3 Å². The maximum Gasteiger partial charge on any atom is 0.325 e. The predicted molar refractivity (Wildman–Crippen MR) is 82.5 cm³/mol.